The van der Waals surface area contributed by atoms with E-state index in [2.05, 4.69) is 15.4 Å². The van der Waals surface area contributed by atoms with Crippen molar-refractivity contribution < 1.29 is 17.9 Å². The Bertz CT molecular complexity index is 913. The summed E-state index contributed by atoms with van der Waals surface area (Å²) in [7, 11) is -1.94. The fourth-order valence-corrected chi connectivity index (χ4v) is 4.71. The second kappa shape index (κ2) is 7.55. The van der Waals surface area contributed by atoms with E-state index in [4.69, 9.17) is 11.6 Å². The molecule has 6 nitrogen and oxygen atoms in total. The summed E-state index contributed by atoms with van der Waals surface area (Å²) in [6.07, 6.45) is -0.00878. The smallest absolute Gasteiger partial charge is 0.407 e. The maximum Gasteiger partial charge on any atom is 0.407 e. The Labute approximate surface area is 157 Å². The Morgan fingerprint density at radius 1 is 1.23 bits per heavy atom. The lowest BCUT2D eigenvalue weighted by atomic mass is 10.0. The summed E-state index contributed by atoms with van der Waals surface area (Å²) < 4.78 is 29.1. The number of ether oxygens (including phenoxy) is 1. The van der Waals surface area contributed by atoms with E-state index in [1.807, 2.05) is 24.3 Å². The molecule has 8 heteroatoms. The Morgan fingerprint density at radius 2 is 1.96 bits per heavy atom. The zero-order chi connectivity index (χ0) is 18.7. The van der Waals surface area contributed by atoms with Crippen molar-refractivity contribution in [2.75, 3.05) is 18.2 Å². The van der Waals surface area contributed by atoms with Gasteiger partial charge in [-0.25, -0.2) is 13.2 Å². The van der Waals surface area contributed by atoms with Crippen LogP contribution in [0.5, 0.6) is 0 Å². The molecule has 1 aliphatic rings. The van der Waals surface area contributed by atoms with Gasteiger partial charge in [0.15, 0.2) is 9.84 Å². The Morgan fingerprint density at radius 3 is 2.65 bits per heavy atom. The maximum atomic E-state index is 12.3. The van der Waals surface area contributed by atoms with Crippen LogP contribution >= 0.6 is 11.6 Å². The molecule has 2 aromatic carbocycles. The van der Waals surface area contributed by atoms with Crippen LogP contribution in [0.25, 0.3) is 0 Å². The third-order valence-electron chi connectivity index (χ3n) is 4.27. The fourth-order valence-electron chi connectivity index (χ4n) is 2.93. The van der Waals surface area contributed by atoms with Gasteiger partial charge in [0.05, 0.1) is 23.8 Å². The number of amides is 1. The minimum absolute atomic E-state index is 0.0977. The average molecular weight is 395 g/mol. The number of benzene rings is 2. The van der Waals surface area contributed by atoms with Crippen molar-refractivity contribution in [2.24, 2.45) is 0 Å². The molecule has 1 unspecified atom stereocenters. The number of halogens is 1. The average Bonchev–Trinajstić information content (AvgIpc) is 2.63. The number of carbonyl (C=O) groups excluding carboxylic acids is 1. The molecule has 0 spiro atoms. The van der Waals surface area contributed by atoms with Crippen molar-refractivity contribution in [3.8, 4) is 0 Å². The molecule has 1 heterocycles. The number of fused-ring (bicyclic) bond motifs is 1. The van der Waals surface area contributed by atoms with Gasteiger partial charge in [-0.05, 0) is 47.9 Å². The van der Waals surface area contributed by atoms with Gasteiger partial charge in [0.25, 0.3) is 0 Å². The summed E-state index contributed by atoms with van der Waals surface area (Å²) in [6.45, 7) is 0.368. The van der Waals surface area contributed by atoms with Crippen LogP contribution in [0, 0.1) is 0 Å². The quantitative estimate of drug-likeness (QED) is 0.828. The molecule has 2 N–H and O–H groups in total. The highest BCUT2D eigenvalue weighted by Crippen LogP contribution is 2.36. The molecular formula is C18H19ClN2O4S. The molecule has 3 rings (SSSR count). The van der Waals surface area contributed by atoms with Crippen molar-refractivity contribution in [3.63, 3.8) is 0 Å². The number of rotatable bonds is 4. The standard InChI is InChI=1S/C18H19ClN2O4S/c1-25-18(22)20-11-12-2-5-14(6-3-12)21-16-8-9-26(23,24)17-7-4-13(19)10-15(16)17/h2-7,10,16,21H,8-9,11H2,1H3,(H,20,22). The summed E-state index contributed by atoms with van der Waals surface area (Å²) in [5.74, 6) is 0.0977. The van der Waals surface area contributed by atoms with Crippen LogP contribution in [-0.2, 0) is 21.1 Å². The highest BCUT2D eigenvalue weighted by Gasteiger charge is 2.30. The fraction of sp³-hybridized carbons (Fsp3) is 0.278. The predicted molar refractivity (Wildman–Crippen MR) is 100 cm³/mol. The Balaban J connectivity index is 1.75. The van der Waals surface area contributed by atoms with Gasteiger partial charge < -0.3 is 15.4 Å². The number of sulfone groups is 1. The highest BCUT2D eigenvalue weighted by atomic mass is 35.5. The number of methoxy groups -OCH3 is 1. The van der Waals surface area contributed by atoms with Crippen molar-refractivity contribution >= 4 is 33.2 Å². The lowest BCUT2D eigenvalue weighted by Crippen LogP contribution is -2.24. The van der Waals surface area contributed by atoms with Crippen LogP contribution < -0.4 is 10.6 Å². The van der Waals surface area contributed by atoms with Gasteiger partial charge >= 0.3 is 6.09 Å². The molecule has 0 bridgehead atoms. The number of hydrogen-bond donors (Lipinski definition) is 2. The molecule has 0 radical (unpaired) electrons. The number of anilines is 1. The molecule has 1 amide bonds. The minimum atomic E-state index is -3.26. The van der Waals surface area contributed by atoms with Crippen LogP contribution in [0.3, 0.4) is 0 Å². The van der Waals surface area contributed by atoms with Crippen molar-refractivity contribution in [2.45, 2.75) is 23.9 Å². The third kappa shape index (κ3) is 4.11. The van der Waals surface area contributed by atoms with E-state index in [1.165, 1.54) is 7.11 Å². The van der Waals surface area contributed by atoms with Crippen LogP contribution in [0.2, 0.25) is 5.02 Å². The molecule has 0 saturated carbocycles. The lowest BCUT2D eigenvalue weighted by Gasteiger charge is -2.27. The summed E-state index contributed by atoms with van der Waals surface area (Å²) >= 11 is 6.06. The molecule has 26 heavy (non-hydrogen) atoms. The van der Waals surface area contributed by atoms with Gasteiger partial charge in [-0.15, -0.1) is 0 Å². The van der Waals surface area contributed by atoms with Crippen LogP contribution in [0.4, 0.5) is 10.5 Å². The minimum Gasteiger partial charge on any atom is -0.453 e. The van der Waals surface area contributed by atoms with E-state index in [0.717, 1.165) is 11.3 Å². The van der Waals surface area contributed by atoms with E-state index in [9.17, 15) is 13.2 Å². The van der Waals surface area contributed by atoms with E-state index in [1.54, 1.807) is 18.2 Å². The first-order chi connectivity index (χ1) is 12.4. The second-order valence-corrected chi connectivity index (χ2v) is 8.54. The second-order valence-electron chi connectivity index (χ2n) is 6.03. The summed E-state index contributed by atoms with van der Waals surface area (Å²) in [5.41, 5.74) is 2.48. The topological polar surface area (TPSA) is 84.5 Å². The normalized spacial score (nSPS) is 17.8. The summed E-state index contributed by atoms with van der Waals surface area (Å²) in [5, 5.41) is 6.50. The Kier molecular flexibility index (Phi) is 5.38. The zero-order valence-electron chi connectivity index (χ0n) is 14.2. The third-order valence-corrected chi connectivity index (χ3v) is 6.32. The monoisotopic (exact) mass is 394 g/mol. The van der Waals surface area contributed by atoms with Gasteiger partial charge in [-0.3, -0.25) is 0 Å². The molecule has 0 fully saturated rings. The van der Waals surface area contributed by atoms with E-state index < -0.39 is 15.9 Å². The number of hydrogen-bond acceptors (Lipinski definition) is 5. The largest absolute Gasteiger partial charge is 0.453 e. The van der Waals surface area contributed by atoms with Gasteiger partial charge in [0.2, 0.25) is 0 Å². The molecule has 0 saturated heterocycles. The molecular weight excluding hydrogens is 376 g/mol. The van der Waals surface area contributed by atoms with Crippen molar-refractivity contribution in [3.05, 3.63) is 58.6 Å². The van der Waals surface area contributed by atoms with Gasteiger partial charge in [-0.2, -0.15) is 0 Å². The molecule has 0 aliphatic carbocycles. The van der Waals surface area contributed by atoms with E-state index in [0.29, 0.717) is 28.4 Å². The van der Waals surface area contributed by atoms with Crippen molar-refractivity contribution in [1.29, 1.82) is 0 Å². The lowest BCUT2D eigenvalue weighted by molar-refractivity contribution is 0.170. The van der Waals surface area contributed by atoms with Crippen LogP contribution in [0.15, 0.2) is 47.4 Å². The molecule has 1 aliphatic heterocycles. The first-order valence-electron chi connectivity index (χ1n) is 8.08. The van der Waals surface area contributed by atoms with Crippen LogP contribution in [0.1, 0.15) is 23.6 Å². The first kappa shape index (κ1) is 18.5. The number of carbonyl (C=O) groups is 1. The molecule has 138 valence electrons. The van der Waals surface area contributed by atoms with E-state index in [-0.39, 0.29) is 11.8 Å². The van der Waals surface area contributed by atoms with Gasteiger partial charge in [-0.1, -0.05) is 23.7 Å². The SMILES string of the molecule is COC(=O)NCc1ccc(NC2CCS(=O)(=O)c3ccc(Cl)cc32)cc1. The summed E-state index contributed by atoms with van der Waals surface area (Å²) in [6, 6.07) is 12.3. The first-order valence-corrected chi connectivity index (χ1v) is 10.1. The molecule has 0 aromatic heterocycles. The predicted octanol–water partition coefficient (Wildman–Crippen LogP) is 3.53. The zero-order valence-corrected chi connectivity index (χ0v) is 15.7. The summed E-state index contributed by atoms with van der Waals surface area (Å²) in [4.78, 5) is 11.4. The van der Waals surface area contributed by atoms with E-state index >= 15 is 0 Å². The number of alkyl carbamates (subject to hydrolysis) is 1. The van der Waals surface area contributed by atoms with Gasteiger partial charge in [0.1, 0.15) is 0 Å². The molecule has 2 aromatic rings. The maximum absolute atomic E-state index is 12.3. The Hall–Kier alpha value is -2.25. The van der Waals surface area contributed by atoms with Crippen LogP contribution in [-0.4, -0.2) is 27.4 Å². The molecule has 1 atom stereocenters. The number of nitrogens with one attached hydrogen (secondary N) is 2. The van der Waals surface area contributed by atoms with Gasteiger partial charge in [0, 0.05) is 17.3 Å². The van der Waals surface area contributed by atoms with Crippen molar-refractivity contribution in [1.82, 2.24) is 5.32 Å². The highest BCUT2D eigenvalue weighted by molar-refractivity contribution is 7.91.